The Hall–Kier alpha value is -2.53. The average Bonchev–Trinajstić information content (AvgIpc) is 3.13. The summed E-state index contributed by atoms with van der Waals surface area (Å²) in [5, 5.41) is 0. The molecule has 4 rings (SSSR count). The van der Waals surface area contributed by atoms with Crippen molar-refractivity contribution in [1.29, 1.82) is 0 Å². The van der Waals surface area contributed by atoms with Crippen LogP contribution in [0.1, 0.15) is 24.5 Å². The van der Waals surface area contributed by atoms with Crippen LogP contribution in [0.3, 0.4) is 0 Å². The van der Waals surface area contributed by atoms with Gasteiger partial charge in [-0.25, -0.2) is 9.69 Å². The maximum Gasteiger partial charge on any atom is 0.416 e. The highest BCUT2D eigenvalue weighted by Crippen LogP contribution is 2.52. The zero-order valence-corrected chi connectivity index (χ0v) is 14.4. The van der Waals surface area contributed by atoms with E-state index in [-0.39, 0.29) is 24.3 Å². The molecule has 130 valence electrons. The Kier molecular flexibility index (Phi) is 3.88. The normalized spacial score (nSPS) is 23.9. The number of carbonyl (C=O) groups excluding carboxylic acids is 1. The van der Waals surface area contributed by atoms with Crippen molar-refractivity contribution in [2.45, 2.75) is 31.6 Å². The second-order valence-corrected chi connectivity index (χ2v) is 6.68. The Morgan fingerprint density at radius 3 is 2.84 bits per heavy atom. The fourth-order valence-corrected chi connectivity index (χ4v) is 3.74. The number of methoxy groups -OCH3 is 1. The van der Waals surface area contributed by atoms with Gasteiger partial charge in [-0.1, -0.05) is 37.3 Å². The highest BCUT2D eigenvalue weighted by atomic mass is 16.6. The Bertz CT molecular complexity index is 792. The summed E-state index contributed by atoms with van der Waals surface area (Å²) in [5.41, 5.74) is 2.63. The van der Waals surface area contributed by atoms with Crippen molar-refractivity contribution >= 4 is 11.8 Å². The molecule has 2 aromatic rings. The summed E-state index contributed by atoms with van der Waals surface area (Å²) >= 11 is 0. The van der Waals surface area contributed by atoms with E-state index in [1.807, 2.05) is 48.5 Å². The zero-order chi connectivity index (χ0) is 17.4. The van der Waals surface area contributed by atoms with Gasteiger partial charge in [-0.2, -0.15) is 0 Å². The second-order valence-electron chi connectivity index (χ2n) is 6.68. The molecule has 0 aromatic heterocycles. The maximum atomic E-state index is 12.8. The lowest BCUT2D eigenvalue weighted by molar-refractivity contribution is 0.0753. The highest BCUT2D eigenvalue weighted by Gasteiger charge is 2.54. The molecule has 2 aliphatic heterocycles. The molecule has 0 bridgehead atoms. The van der Waals surface area contributed by atoms with Crippen LogP contribution in [0.25, 0.3) is 0 Å². The van der Waals surface area contributed by atoms with Crippen molar-refractivity contribution in [3.05, 3.63) is 59.7 Å². The summed E-state index contributed by atoms with van der Waals surface area (Å²) in [7, 11) is 1.65. The van der Waals surface area contributed by atoms with E-state index in [2.05, 4.69) is 6.92 Å². The minimum Gasteiger partial charge on any atom is -0.497 e. The van der Waals surface area contributed by atoms with Crippen LogP contribution < -0.4 is 9.64 Å². The first-order valence-corrected chi connectivity index (χ1v) is 8.43. The monoisotopic (exact) mass is 339 g/mol. The van der Waals surface area contributed by atoms with Crippen LogP contribution >= 0.6 is 0 Å². The van der Waals surface area contributed by atoms with E-state index < -0.39 is 0 Å². The molecular weight excluding hydrogens is 318 g/mol. The molecule has 2 atom stereocenters. The van der Waals surface area contributed by atoms with Gasteiger partial charge in [0.1, 0.15) is 18.6 Å². The standard InChI is InChI=1S/C20H21NO4/c1-20-10-11-24-18(20)21(17-9-8-15(23-2)12-16(17)20)19(22)25-13-14-6-4-3-5-7-14/h3-9,12,18H,10-11,13H2,1-2H3/t18-,20-/m0/s1. The first kappa shape index (κ1) is 16.0. The summed E-state index contributed by atoms with van der Waals surface area (Å²) in [6.45, 7) is 3.00. The van der Waals surface area contributed by atoms with Crippen molar-refractivity contribution in [2.75, 3.05) is 18.6 Å². The molecule has 2 aromatic carbocycles. The second kappa shape index (κ2) is 6.08. The summed E-state index contributed by atoms with van der Waals surface area (Å²) < 4.78 is 16.8. The number of benzene rings is 2. The van der Waals surface area contributed by atoms with Crippen LogP contribution in [0, 0.1) is 0 Å². The van der Waals surface area contributed by atoms with Crippen LogP contribution in [0.15, 0.2) is 48.5 Å². The number of fused-ring (bicyclic) bond motifs is 3. The van der Waals surface area contributed by atoms with Crippen molar-refractivity contribution in [3.63, 3.8) is 0 Å². The van der Waals surface area contributed by atoms with E-state index in [1.54, 1.807) is 12.0 Å². The molecule has 5 heteroatoms. The molecule has 0 saturated carbocycles. The van der Waals surface area contributed by atoms with Gasteiger partial charge in [0.2, 0.25) is 0 Å². The third kappa shape index (κ3) is 2.55. The SMILES string of the molecule is COc1ccc2c(c1)[C@]1(C)CCO[C@@H]1N2C(=O)OCc1ccccc1. The molecule has 25 heavy (non-hydrogen) atoms. The van der Waals surface area contributed by atoms with E-state index >= 15 is 0 Å². The van der Waals surface area contributed by atoms with Gasteiger partial charge in [-0.15, -0.1) is 0 Å². The number of hydrogen-bond acceptors (Lipinski definition) is 4. The lowest BCUT2D eigenvalue weighted by atomic mass is 9.82. The number of hydrogen-bond donors (Lipinski definition) is 0. The first-order valence-electron chi connectivity index (χ1n) is 8.43. The molecule has 0 N–H and O–H groups in total. The number of anilines is 1. The van der Waals surface area contributed by atoms with Crippen LogP contribution in [-0.2, 0) is 21.5 Å². The fourth-order valence-electron chi connectivity index (χ4n) is 3.74. The van der Waals surface area contributed by atoms with E-state index in [4.69, 9.17) is 14.2 Å². The number of amides is 1. The Morgan fingerprint density at radius 1 is 1.28 bits per heavy atom. The predicted octanol–water partition coefficient (Wildman–Crippen LogP) is 3.86. The number of nitrogens with zero attached hydrogens (tertiary/aromatic N) is 1. The van der Waals surface area contributed by atoms with Gasteiger partial charge in [0.05, 0.1) is 19.4 Å². The lowest BCUT2D eigenvalue weighted by Crippen LogP contribution is -2.44. The van der Waals surface area contributed by atoms with Crippen molar-refractivity contribution in [3.8, 4) is 5.75 Å². The Labute approximate surface area is 147 Å². The summed E-state index contributed by atoms with van der Waals surface area (Å²) in [6.07, 6.45) is 0.143. The van der Waals surface area contributed by atoms with Crippen LogP contribution in [-0.4, -0.2) is 26.0 Å². The molecule has 0 aliphatic carbocycles. The number of carbonyl (C=O) groups is 1. The number of rotatable bonds is 3. The summed E-state index contributed by atoms with van der Waals surface area (Å²) in [6, 6.07) is 15.4. The summed E-state index contributed by atoms with van der Waals surface area (Å²) in [4.78, 5) is 14.5. The molecule has 2 aliphatic rings. The zero-order valence-electron chi connectivity index (χ0n) is 14.4. The molecule has 5 nitrogen and oxygen atoms in total. The van der Waals surface area contributed by atoms with Gasteiger partial charge in [0.15, 0.2) is 0 Å². The molecule has 1 fully saturated rings. The molecule has 2 heterocycles. The van der Waals surface area contributed by atoms with Crippen molar-refractivity contribution in [1.82, 2.24) is 0 Å². The van der Waals surface area contributed by atoms with Gasteiger partial charge in [0, 0.05) is 5.41 Å². The van der Waals surface area contributed by atoms with Crippen LogP contribution in [0.2, 0.25) is 0 Å². The van der Waals surface area contributed by atoms with E-state index in [0.29, 0.717) is 6.61 Å². The minimum atomic E-state index is -0.383. The molecule has 0 spiro atoms. The molecule has 1 saturated heterocycles. The van der Waals surface area contributed by atoms with Gasteiger partial charge in [-0.3, -0.25) is 0 Å². The van der Waals surface area contributed by atoms with Crippen molar-refractivity contribution < 1.29 is 19.0 Å². The van der Waals surface area contributed by atoms with Gasteiger partial charge in [0.25, 0.3) is 0 Å². The number of ether oxygens (including phenoxy) is 3. The van der Waals surface area contributed by atoms with E-state index in [0.717, 1.165) is 29.0 Å². The smallest absolute Gasteiger partial charge is 0.416 e. The van der Waals surface area contributed by atoms with Gasteiger partial charge < -0.3 is 14.2 Å². The van der Waals surface area contributed by atoms with Gasteiger partial charge >= 0.3 is 6.09 Å². The lowest BCUT2D eigenvalue weighted by Gasteiger charge is -2.27. The van der Waals surface area contributed by atoms with E-state index in [9.17, 15) is 4.79 Å². The molecule has 1 amide bonds. The van der Waals surface area contributed by atoms with Gasteiger partial charge in [-0.05, 0) is 35.7 Å². The molecular formula is C20H21NO4. The maximum absolute atomic E-state index is 12.8. The molecule has 0 unspecified atom stereocenters. The molecule has 0 radical (unpaired) electrons. The van der Waals surface area contributed by atoms with Crippen LogP contribution in [0.5, 0.6) is 5.75 Å². The summed E-state index contributed by atoms with van der Waals surface area (Å²) in [5.74, 6) is 0.783. The average molecular weight is 339 g/mol. The fraction of sp³-hybridized carbons (Fsp3) is 0.350. The highest BCUT2D eigenvalue weighted by molar-refractivity contribution is 5.92. The third-order valence-electron chi connectivity index (χ3n) is 5.16. The van der Waals surface area contributed by atoms with Crippen molar-refractivity contribution in [2.24, 2.45) is 0 Å². The minimum absolute atomic E-state index is 0.240. The predicted molar refractivity (Wildman–Crippen MR) is 93.8 cm³/mol. The Morgan fingerprint density at radius 2 is 2.08 bits per heavy atom. The topological polar surface area (TPSA) is 48.0 Å². The van der Waals surface area contributed by atoms with Crippen LogP contribution in [0.4, 0.5) is 10.5 Å². The largest absolute Gasteiger partial charge is 0.497 e. The third-order valence-corrected chi connectivity index (χ3v) is 5.16. The quantitative estimate of drug-likeness (QED) is 0.852. The van der Waals surface area contributed by atoms with E-state index in [1.165, 1.54) is 0 Å². The Balaban J connectivity index is 1.62. The first-order chi connectivity index (χ1) is 12.1.